The van der Waals surface area contributed by atoms with E-state index in [0.29, 0.717) is 10.7 Å². The summed E-state index contributed by atoms with van der Waals surface area (Å²) < 4.78 is 0. The summed E-state index contributed by atoms with van der Waals surface area (Å²) >= 11 is 5.71. The van der Waals surface area contributed by atoms with Gasteiger partial charge in [-0.15, -0.1) is 0 Å². The number of rotatable bonds is 3. The molecular formula is C12H8ClN3O3. The molecule has 1 aromatic heterocycles. The second-order valence-corrected chi connectivity index (χ2v) is 4.12. The van der Waals surface area contributed by atoms with Gasteiger partial charge in [0, 0.05) is 6.20 Å². The van der Waals surface area contributed by atoms with E-state index in [4.69, 9.17) is 17.3 Å². The fourth-order valence-electron chi connectivity index (χ4n) is 1.68. The van der Waals surface area contributed by atoms with E-state index in [9.17, 15) is 14.9 Å². The number of carbonyl (C=O) groups excluding carboxylic acids is 1. The number of amides is 1. The molecule has 2 rings (SSSR count). The Bertz CT molecular complexity index is 656. The minimum atomic E-state index is -0.859. The highest BCUT2D eigenvalue weighted by atomic mass is 35.5. The maximum absolute atomic E-state index is 11.2. The topological polar surface area (TPSA) is 99.1 Å². The number of pyridine rings is 1. The number of halogens is 1. The molecule has 0 saturated heterocycles. The lowest BCUT2D eigenvalue weighted by Gasteiger charge is -2.05. The molecule has 0 aliphatic heterocycles. The van der Waals surface area contributed by atoms with Crippen LogP contribution in [0.25, 0.3) is 11.3 Å². The first-order valence-corrected chi connectivity index (χ1v) is 5.57. The molecule has 0 atom stereocenters. The number of nitrogens with two attached hydrogens (primary N) is 1. The Kier molecular flexibility index (Phi) is 3.43. The third kappa shape index (κ3) is 2.53. The lowest BCUT2D eigenvalue weighted by molar-refractivity contribution is -0.384. The summed E-state index contributed by atoms with van der Waals surface area (Å²) in [5.74, 6) is -0.859. The van der Waals surface area contributed by atoms with Gasteiger partial charge in [0.05, 0.1) is 21.2 Å². The molecule has 1 aromatic carbocycles. The van der Waals surface area contributed by atoms with Gasteiger partial charge in [0.15, 0.2) is 0 Å². The van der Waals surface area contributed by atoms with Crippen molar-refractivity contribution in [3.05, 3.63) is 57.2 Å². The first kappa shape index (κ1) is 13.0. The van der Waals surface area contributed by atoms with Crippen LogP contribution in [0.4, 0.5) is 5.69 Å². The fraction of sp³-hybridized carbons (Fsp3) is 0. The molecule has 0 aliphatic carbocycles. The lowest BCUT2D eigenvalue weighted by Crippen LogP contribution is -2.14. The standard InChI is InChI=1S/C12H8ClN3O3/c13-7-4-5-10(15-6-7)8-2-1-3-9(12(14)17)11(8)16(18)19/h1-6H,(H2,14,17). The molecule has 0 bridgehead atoms. The van der Waals surface area contributed by atoms with Gasteiger partial charge in [0.25, 0.3) is 11.6 Å². The molecule has 7 heteroatoms. The van der Waals surface area contributed by atoms with Crippen LogP contribution in [0.5, 0.6) is 0 Å². The smallest absolute Gasteiger partial charge is 0.291 e. The molecule has 0 fully saturated rings. The predicted octanol–water partition coefficient (Wildman–Crippen LogP) is 2.41. The number of carbonyl (C=O) groups is 1. The SMILES string of the molecule is NC(=O)c1cccc(-c2ccc(Cl)cn2)c1[N+](=O)[O-]. The first-order valence-electron chi connectivity index (χ1n) is 5.20. The Morgan fingerprint density at radius 2 is 2.05 bits per heavy atom. The molecule has 2 N–H and O–H groups in total. The molecular weight excluding hydrogens is 270 g/mol. The van der Waals surface area contributed by atoms with Crippen LogP contribution >= 0.6 is 11.6 Å². The van der Waals surface area contributed by atoms with E-state index in [2.05, 4.69) is 4.98 Å². The van der Waals surface area contributed by atoms with Crippen LogP contribution in [-0.2, 0) is 0 Å². The highest BCUT2D eigenvalue weighted by Gasteiger charge is 2.24. The monoisotopic (exact) mass is 277 g/mol. The van der Waals surface area contributed by atoms with E-state index < -0.39 is 10.8 Å². The third-order valence-corrected chi connectivity index (χ3v) is 2.71. The van der Waals surface area contributed by atoms with Crippen molar-refractivity contribution in [2.45, 2.75) is 0 Å². The van der Waals surface area contributed by atoms with E-state index in [-0.39, 0.29) is 16.8 Å². The first-order chi connectivity index (χ1) is 9.00. The molecule has 0 unspecified atom stereocenters. The van der Waals surface area contributed by atoms with E-state index in [1.807, 2.05) is 0 Å². The van der Waals surface area contributed by atoms with Gasteiger partial charge in [-0.25, -0.2) is 0 Å². The zero-order valence-corrected chi connectivity index (χ0v) is 10.3. The van der Waals surface area contributed by atoms with Crippen LogP contribution in [0.1, 0.15) is 10.4 Å². The minimum Gasteiger partial charge on any atom is -0.365 e. The Morgan fingerprint density at radius 3 is 2.58 bits per heavy atom. The zero-order valence-electron chi connectivity index (χ0n) is 9.54. The molecule has 1 amide bonds. The van der Waals surface area contributed by atoms with Crippen molar-refractivity contribution in [2.24, 2.45) is 5.73 Å². The van der Waals surface area contributed by atoms with Gasteiger partial charge in [0.1, 0.15) is 5.56 Å². The normalized spacial score (nSPS) is 10.2. The van der Waals surface area contributed by atoms with Crippen LogP contribution in [0.3, 0.4) is 0 Å². The molecule has 6 nitrogen and oxygen atoms in total. The maximum Gasteiger partial charge on any atom is 0.291 e. The van der Waals surface area contributed by atoms with E-state index in [0.717, 1.165) is 0 Å². The van der Waals surface area contributed by atoms with E-state index >= 15 is 0 Å². The van der Waals surface area contributed by atoms with Gasteiger partial charge in [-0.1, -0.05) is 17.7 Å². The molecule has 0 spiro atoms. The summed E-state index contributed by atoms with van der Waals surface area (Å²) in [4.78, 5) is 25.7. The van der Waals surface area contributed by atoms with Crippen LogP contribution in [-0.4, -0.2) is 15.8 Å². The Hall–Kier alpha value is -2.47. The molecule has 1 heterocycles. The van der Waals surface area contributed by atoms with Crippen LogP contribution in [0, 0.1) is 10.1 Å². The van der Waals surface area contributed by atoms with Crippen LogP contribution in [0.2, 0.25) is 5.02 Å². The lowest BCUT2D eigenvalue weighted by atomic mass is 10.0. The van der Waals surface area contributed by atoms with Gasteiger partial charge in [0.2, 0.25) is 0 Å². The third-order valence-electron chi connectivity index (χ3n) is 2.49. The molecule has 96 valence electrons. The predicted molar refractivity (Wildman–Crippen MR) is 69.9 cm³/mol. The van der Waals surface area contributed by atoms with Crippen LogP contribution in [0.15, 0.2) is 36.5 Å². The minimum absolute atomic E-state index is 0.153. The van der Waals surface area contributed by atoms with Crippen molar-refractivity contribution in [3.8, 4) is 11.3 Å². The number of nitro groups is 1. The number of nitrogens with zero attached hydrogens (tertiary/aromatic N) is 2. The number of hydrogen-bond acceptors (Lipinski definition) is 4. The fourth-order valence-corrected chi connectivity index (χ4v) is 1.79. The zero-order chi connectivity index (χ0) is 14.0. The highest BCUT2D eigenvalue weighted by Crippen LogP contribution is 2.31. The summed E-state index contributed by atoms with van der Waals surface area (Å²) in [7, 11) is 0. The Morgan fingerprint density at radius 1 is 1.32 bits per heavy atom. The van der Waals surface area contributed by atoms with Gasteiger partial charge >= 0.3 is 0 Å². The van der Waals surface area contributed by atoms with Crippen molar-refractivity contribution in [1.29, 1.82) is 0 Å². The largest absolute Gasteiger partial charge is 0.365 e. The summed E-state index contributed by atoms with van der Waals surface area (Å²) in [6, 6.07) is 7.42. The molecule has 0 saturated carbocycles. The average molecular weight is 278 g/mol. The van der Waals surface area contributed by atoms with Crippen molar-refractivity contribution >= 4 is 23.2 Å². The van der Waals surface area contributed by atoms with Crippen molar-refractivity contribution in [1.82, 2.24) is 4.98 Å². The summed E-state index contributed by atoms with van der Waals surface area (Å²) in [6.07, 6.45) is 1.37. The summed E-state index contributed by atoms with van der Waals surface area (Å²) in [6.45, 7) is 0. The Labute approximate surface area is 113 Å². The number of benzene rings is 1. The average Bonchev–Trinajstić information content (AvgIpc) is 2.38. The van der Waals surface area contributed by atoms with Gasteiger partial charge in [-0.3, -0.25) is 19.9 Å². The second kappa shape index (κ2) is 5.03. The summed E-state index contributed by atoms with van der Waals surface area (Å²) in [5, 5.41) is 11.5. The number of aromatic nitrogens is 1. The molecule has 19 heavy (non-hydrogen) atoms. The number of primary amides is 1. The Balaban J connectivity index is 2.69. The number of nitro benzene ring substituents is 1. The van der Waals surface area contributed by atoms with Crippen LogP contribution < -0.4 is 5.73 Å². The second-order valence-electron chi connectivity index (χ2n) is 3.68. The summed E-state index contributed by atoms with van der Waals surface area (Å²) in [5.41, 5.74) is 5.20. The van der Waals surface area contributed by atoms with Crippen molar-refractivity contribution < 1.29 is 9.72 Å². The van der Waals surface area contributed by atoms with Gasteiger partial charge < -0.3 is 5.73 Å². The quantitative estimate of drug-likeness (QED) is 0.688. The van der Waals surface area contributed by atoms with Crippen molar-refractivity contribution in [2.75, 3.05) is 0 Å². The van der Waals surface area contributed by atoms with E-state index in [1.165, 1.54) is 30.5 Å². The molecule has 2 aromatic rings. The highest BCUT2D eigenvalue weighted by molar-refractivity contribution is 6.30. The number of para-hydroxylation sites is 1. The van der Waals surface area contributed by atoms with Gasteiger partial charge in [-0.05, 0) is 24.3 Å². The number of hydrogen-bond donors (Lipinski definition) is 1. The van der Waals surface area contributed by atoms with E-state index in [1.54, 1.807) is 6.07 Å². The molecule has 0 aliphatic rings. The maximum atomic E-state index is 11.2. The van der Waals surface area contributed by atoms with Gasteiger partial charge in [-0.2, -0.15) is 0 Å². The van der Waals surface area contributed by atoms with Crippen molar-refractivity contribution in [3.63, 3.8) is 0 Å². The molecule has 0 radical (unpaired) electrons.